The molecule has 1 N–H and O–H groups in total. The number of benzene rings is 1. The van der Waals surface area contributed by atoms with Crippen molar-refractivity contribution in [3.8, 4) is 5.75 Å². The Morgan fingerprint density at radius 1 is 1.34 bits per heavy atom. The van der Waals surface area contributed by atoms with Gasteiger partial charge in [-0.05, 0) is 49.9 Å². The highest BCUT2D eigenvalue weighted by Gasteiger charge is 2.60. The van der Waals surface area contributed by atoms with Gasteiger partial charge in [0.2, 0.25) is 5.91 Å². The first kappa shape index (κ1) is 18.5. The molecule has 2 fully saturated rings. The predicted octanol–water partition coefficient (Wildman–Crippen LogP) is 2.22. The van der Waals surface area contributed by atoms with Crippen LogP contribution in [0.25, 0.3) is 0 Å². The second kappa shape index (κ2) is 6.49. The van der Waals surface area contributed by atoms with Crippen LogP contribution in [0.5, 0.6) is 5.75 Å². The number of amides is 1. The van der Waals surface area contributed by atoms with Crippen LogP contribution in [0.4, 0.5) is 5.69 Å². The Balaban J connectivity index is 1.50. The van der Waals surface area contributed by atoms with Crippen molar-refractivity contribution in [2.45, 2.75) is 43.7 Å². The molecular weight excluding hydrogens is 372 g/mol. The SMILES string of the molecule is COC(=O)C1=C(C)OC2CN3CCC4(C(=O)Nc5ccc(OC)cc54)C3CC2C1. The van der Waals surface area contributed by atoms with E-state index in [1.54, 1.807) is 7.11 Å². The van der Waals surface area contributed by atoms with E-state index < -0.39 is 5.41 Å². The number of nitrogens with zero attached hydrogens (tertiary/aromatic N) is 1. The number of carbonyl (C=O) groups is 2. The van der Waals surface area contributed by atoms with Crippen molar-refractivity contribution in [1.29, 1.82) is 0 Å². The van der Waals surface area contributed by atoms with Crippen molar-refractivity contribution in [3.63, 3.8) is 0 Å². The molecule has 4 aliphatic heterocycles. The zero-order valence-corrected chi connectivity index (χ0v) is 17.0. The molecule has 1 amide bonds. The van der Waals surface area contributed by atoms with E-state index in [9.17, 15) is 9.59 Å². The summed E-state index contributed by atoms with van der Waals surface area (Å²) < 4.78 is 16.5. The van der Waals surface area contributed by atoms with Gasteiger partial charge in [-0.25, -0.2) is 4.79 Å². The molecule has 154 valence electrons. The second-order valence-electron chi connectivity index (χ2n) is 8.48. The third-order valence-corrected chi connectivity index (χ3v) is 7.28. The predicted molar refractivity (Wildman–Crippen MR) is 106 cm³/mol. The van der Waals surface area contributed by atoms with E-state index in [-0.39, 0.29) is 29.9 Å². The summed E-state index contributed by atoms with van der Waals surface area (Å²) in [6.07, 6.45) is 2.27. The molecule has 0 aliphatic carbocycles. The summed E-state index contributed by atoms with van der Waals surface area (Å²) in [6.45, 7) is 3.47. The fourth-order valence-electron chi connectivity index (χ4n) is 5.81. The molecule has 1 aromatic rings. The normalized spacial score (nSPS) is 32.9. The van der Waals surface area contributed by atoms with Crippen LogP contribution in [0.2, 0.25) is 0 Å². The second-order valence-corrected chi connectivity index (χ2v) is 8.48. The summed E-state index contributed by atoms with van der Waals surface area (Å²) in [7, 11) is 3.05. The summed E-state index contributed by atoms with van der Waals surface area (Å²) in [6, 6.07) is 5.90. The maximum absolute atomic E-state index is 13.2. The summed E-state index contributed by atoms with van der Waals surface area (Å²) in [5.74, 6) is 1.37. The number of ether oxygens (including phenoxy) is 3. The van der Waals surface area contributed by atoms with Crippen molar-refractivity contribution in [2.75, 3.05) is 32.6 Å². The Morgan fingerprint density at radius 2 is 2.17 bits per heavy atom. The molecule has 7 heteroatoms. The van der Waals surface area contributed by atoms with Gasteiger partial charge in [0.1, 0.15) is 17.6 Å². The fourth-order valence-corrected chi connectivity index (χ4v) is 5.81. The van der Waals surface area contributed by atoms with Gasteiger partial charge in [-0.1, -0.05) is 0 Å². The lowest BCUT2D eigenvalue weighted by molar-refractivity contribution is -0.138. The molecule has 1 aromatic carbocycles. The van der Waals surface area contributed by atoms with Crippen LogP contribution in [0.1, 0.15) is 31.7 Å². The maximum atomic E-state index is 13.2. The number of allylic oxidation sites excluding steroid dienone is 1. The highest BCUT2D eigenvalue weighted by molar-refractivity contribution is 6.07. The van der Waals surface area contributed by atoms with Crippen molar-refractivity contribution >= 4 is 17.6 Å². The number of carbonyl (C=O) groups excluding carboxylic acids is 2. The topological polar surface area (TPSA) is 77.1 Å². The minimum Gasteiger partial charge on any atom is -0.497 e. The van der Waals surface area contributed by atoms with Gasteiger partial charge in [0.25, 0.3) is 0 Å². The quantitative estimate of drug-likeness (QED) is 0.770. The van der Waals surface area contributed by atoms with Gasteiger partial charge in [-0.3, -0.25) is 9.69 Å². The first-order valence-corrected chi connectivity index (χ1v) is 10.2. The Bertz CT molecular complexity index is 926. The zero-order valence-electron chi connectivity index (χ0n) is 17.0. The first-order chi connectivity index (χ1) is 14.0. The number of rotatable bonds is 2. The summed E-state index contributed by atoms with van der Waals surface area (Å²) >= 11 is 0. The number of piperidine rings is 1. The number of esters is 1. The highest BCUT2D eigenvalue weighted by atomic mass is 16.5. The van der Waals surface area contributed by atoms with Gasteiger partial charge in [0.05, 0.1) is 25.2 Å². The third kappa shape index (κ3) is 2.53. The number of fused-ring (bicyclic) bond motifs is 5. The molecule has 0 radical (unpaired) electrons. The minimum atomic E-state index is -0.573. The number of methoxy groups -OCH3 is 2. The van der Waals surface area contributed by atoms with E-state index >= 15 is 0 Å². The lowest BCUT2D eigenvalue weighted by atomic mass is 9.69. The van der Waals surface area contributed by atoms with Gasteiger partial charge in [-0.2, -0.15) is 0 Å². The molecule has 7 nitrogen and oxygen atoms in total. The third-order valence-electron chi connectivity index (χ3n) is 7.28. The summed E-state index contributed by atoms with van der Waals surface area (Å²) in [5, 5.41) is 3.09. The van der Waals surface area contributed by atoms with E-state index in [1.807, 2.05) is 25.1 Å². The molecule has 4 unspecified atom stereocenters. The van der Waals surface area contributed by atoms with E-state index in [0.717, 1.165) is 42.9 Å². The summed E-state index contributed by atoms with van der Waals surface area (Å²) in [4.78, 5) is 27.8. The van der Waals surface area contributed by atoms with Crippen LogP contribution < -0.4 is 10.1 Å². The average Bonchev–Trinajstić information content (AvgIpc) is 3.23. The van der Waals surface area contributed by atoms with Crippen LogP contribution >= 0.6 is 0 Å². The molecule has 29 heavy (non-hydrogen) atoms. The molecule has 0 aromatic heterocycles. The number of nitrogens with one attached hydrogen (secondary N) is 1. The molecule has 2 saturated heterocycles. The van der Waals surface area contributed by atoms with Gasteiger partial charge < -0.3 is 19.5 Å². The van der Waals surface area contributed by atoms with E-state index in [2.05, 4.69) is 10.2 Å². The Hall–Kier alpha value is -2.54. The number of hydrogen-bond donors (Lipinski definition) is 1. The van der Waals surface area contributed by atoms with Crippen molar-refractivity contribution in [1.82, 2.24) is 4.90 Å². The summed E-state index contributed by atoms with van der Waals surface area (Å²) in [5.41, 5.74) is 1.96. The van der Waals surface area contributed by atoms with Crippen LogP contribution in [0.15, 0.2) is 29.5 Å². The van der Waals surface area contributed by atoms with Gasteiger partial charge in [-0.15, -0.1) is 0 Å². The molecule has 4 heterocycles. The monoisotopic (exact) mass is 398 g/mol. The molecule has 4 aliphatic rings. The smallest absolute Gasteiger partial charge is 0.337 e. The van der Waals surface area contributed by atoms with Gasteiger partial charge in [0, 0.05) is 30.7 Å². The zero-order chi connectivity index (χ0) is 20.3. The fraction of sp³-hybridized carbons (Fsp3) is 0.545. The van der Waals surface area contributed by atoms with E-state index in [0.29, 0.717) is 17.8 Å². The van der Waals surface area contributed by atoms with Gasteiger partial charge >= 0.3 is 5.97 Å². The lowest BCUT2D eigenvalue weighted by Crippen LogP contribution is -2.56. The van der Waals surface area contributed by atoms with Crippen molar-refractivity contribution < 1.29 is 23.8 Å². The Labute approximate surface area is 170 Å². The highest BCUT2D eigenvalue weighted by Crippen LogP contribution is 2.53. The van der Waals surface area contributed by atoms with Crippen LogP contribution in [0, 0.1) is 5.92 Å². The van der Waals surface area contributed by atoms with Gasteiger partial charge in [0.15, 0.2) is 0 Å². The maximum Gasteiger partial charge on any atom is 0.337 e. The largest absolute Gasteiger partial charge is 0.497 e. The molecule has 5 rings (SSSR count). The van der Waals surface area contributed by atoms with Crippen LogP contribution in [-0.4, -0.2) is 56.2 Å². The van der Waals surface area contributed by atoms with Crippen molar-refractivity contribution in [3.05, 3.63) is 35.1 Å². The number of anilines is 1. The van der Waals surface area contributed by atoms with Crippen LogP contribution in [0.3, 0.4) is 0 Å². The molecular formula is C22H26N2O5. The van der Waals surface area contributed by atoms with E-state index in [1.165, 1.54) is 7.11 Å². The average molecular weight is 398 g/mol. The minimum absolute atomic E-state index is 0.0454. The van der Waals surface area contributed by atoms with E-state index in [4.69, 9.17) is 14.2 Å². The first-order valence-electron chi connectivity index (χ1n) is 10.2. The van der Waals surface area contributed by atoms with Crippen molar-refractivity contribution in [2.24, 2.45) is 5.92 Å². The van der Waals surface area contributed by atoms with Crippen LogP contribution in [-0.2, 0) is 24.5 Å². The molecule has 1 spiro atoms. The Kier molecular flexibility index (Phi) is 4.13. The standard InChI is InChI=1S/C22H26N2O5/c1-12-15(20(25)28-3)8-13-9-19-22(6-7-24(19)11-18(13)29-12)16-10-14(27-2)4-5-17(16)23-21(22)26/h4-5,10,13,18-19H,6-9,11H2,1-3H3,(H,23,26). The molecule has 4 atom stereocenters. The number of hydrogen-bond acceptors (Lipinski definition) is 6. The molecule has 0 bridgehead atoms. The molecule has 0 saturated carbocycles. The lowest BCUT2D eigenvalue weighted by Gasteiger charge is -2.46. The Morgan fingerprint density at radius 3 is 2.93 bits per heavy atom.